The molecule has 1 aromatic rings. The Morgan fingerprint density at radius 2 is 1.62 bits per heavy atom. The zero-order valence-electron chi connectivity index (χ0n) is 6.39. The van der Waals surface area contributed by atoms with Gasteiger partial charge in [-0.3, -0.25) is 9.59 Å². The van der Waals surface area contributed by atoms with Crippen LogP contribution < -0.4 is 0 Å². The van der Waals surface area contributed by atoms with E-state index in [1.54, 1.807) is 0 Å². The van der Waals surface area contributed by atoms with Crippen molar-refractivity contribution >= 4 is 12.1 Å². The Balaban J connectivity index is 3.36. The van der Waals surface area contributed by atoms with Gasteiger partial charge in [-0.1, -0.05) is 0 Å². The van der Waals surface area contributed by atoms with Crippen LogP contribution in [0.1, 0.15) is 10.4 Å². The number of hydrogen-bond acceptors (Lipinski definition) is 5. The van der Waals surface area contributed by atoms with Gasteiger partial charge in [-0.2, -0.15) is 0 Å². The van der Waals surface area contributed by atoms with Crippen molar-refractivity contribution in [3.05, 3.63) is 17.7 Å². The van der Waals surface area contributed by atoms with E-state index in [4.69, 9.17) is 15.3 Å². The van der Waals surface area contributed by atoms with Gasteiger partial charge in [0.1, 0.15) is 22.8 Å². The summed E-state index contributed by atoms with van der Waals surface area (Å²) in [5.74, 6) is -2.70. The van der Waals surface area contributed by atoms with Gasteiger partial charge in [0, 0.05) is 12.1 Å². The molecule has 0 radical (unpaired) electrons. The molecule has 0 amide bonds. The van der Waals surface area contributed by atoms with Gasteiger partial charge < -0.3 is 15.3 Å². The predicted molar refractivity (Wildman–Crippen MR) is 41.8 cm³/mol. The number of Topliss-reactive ketones (excluding diaryl/α,β-unsaturated/α-hetero) is 1. The number of ketones is 1. The van der Waals surface area contributed by atoms with Crippen LogP contribution in [-0.2, 0) is 4.79 Å². The van der Waals surface area contributed by atoms with E-state index in [1.165, 1.54) is 0 Å². The van der Waals surface area contributed by atoms with Crippen LogP contribution >= 0.6 is 0 Å². The van der Waals surface area contributed by atoms with E-state index in [1.807, 2.05) is 0 Å². The van der Waals surface area contributed by atoms with Crippen molar-refractivity contribution in [1.29, 1.82) is 0 Å². The number of rotatable bonds is 2. The van der Waals surface area contributed by atoms with Gasteiger partial charge in [-0.25, -0.2) is 0 Å². The third-order valence-electron chi connectivity index (χ3n) is 1.43. The zero-order valence-corrected chi connectivity index (χ0v) is 6.39. The van der Waals surface area contributed by atoms with Crippen LogP contribution in [0.2, 0.25) is 0 Å². The van der Waals surface area contributed by atoms with Crippen molar-refractivity contribution in [3.63, 3.8) is 0 Å². The van der Waals surface area contributed by atoms with E-state index in [0.717, 1.165) is 12.1 Å². The van der Waals surface area contributed by atoms with E-state index in [2.05, 4.69) is 0 Å². The fourth-order valence-electron chi connectivity index (χ4n) is 0.909. The van der Waals surface area contributed by atoms with Crippen LogP contribution in [0.15, 0.2) is 12.1 Å². The van der Waals surface area contributed by atoms with E-state index in [-0.39, 0.29) is 6.29 Å². The Morgan fingerprint density at radius 3 is 2.00 bits per heavy atom. The molecule has 0 aliphatic rings. The minimum absolute atomic E-state index is 0.0359. The van der Waals surface area contributed by atoms with Crippen molar-refractivity contribution in [3.8, 4) is 17.2 Å². The van der Waals surface area contributed by atoms with E-state index in [9.17, 15) is 9.59 Å². The van der Waals surface area contributed by atoms with Gasteiger partial charge in [0.05, 0.1) is 0 Å². The van der Waals surface area contributed by atoms with E-state index < -0.39 is 28.6 Å². The second kappa shape index (κ2) is 3.14. The highest BCUT2D eigenvalue weighted by Crippen LogP contribution is 2.31. The van der Waals surface area contributed by atoms with Gasteiger partial charge in [-0.05, 0) is 0 Å². The third-order valence-corrected chi connectivity index (χ3v) is 1.43. The Morgan fingerprint density at radius 1 is 1.15 bits per heavy atom. The van der Waals surface area contributed by atoms with Crippen molar-refractivity contribution in [1.82, 2.24) is 0 Å². The highest BCUT2D eigenvalue weighted by atomic mass is 16.3. The highest BCUT2D eigenvalue weighted by molar-refractivity contribution is 6.35. The lowest BCUT2D eigenvalue weighted by Gasteiger charge is -2.02. The van der Waals surface area contributed by atoms with Crippen molar-refractivity contribution < 1.29 is 24.9 Å². The summed E-state index contributed by atoms with van der Waals surface area (Å²) in [4.78, 5) is 20.9. The lowest BCUT2D eigenvalue weighted by Crippen LogP contribution is -2.00. The minimum atomic E-state index is -1.05. The number of hydrogen-bond donors (Lipinski definition) is 3. The Hall–Kier alpha value is -2.04. The first-order chi connectivity index (χ1) is 6.06. The molecule has 13 heavy (non-hydrogen) atoms. The zero-order chi connectivity index (χ0) is 10.0. The molecule has 1 aromatic carbocycles. The Bertz CT molecular complexity index is 346. The molecule has 0 aromatic heterocycles. The topological polar surface area (TPSA) is 94.8 Å². The van der Waals surface area contributed by atoms with Gasteiger partial charge in [0.25, 0.3) is 0 Å². The number of phenols is 3. The largest absolute Gasteiger partial charge is 0.508 e. The molecule has 0 saturated carbocycles. The molecule has 0 unspecified atom stereocenters. The number of phenolic OH excluding ortho intramolecular Hbond substituents is 3. The van der Waals surface area contributed by atoms with Crippen LogP contribution in [0.4, 0.5) is 0 Å². The fourth-order valence-corrected chi connectivity index (χ4v) is 0.909. The summed E-state index contributed by atoms with van der Waals surface area (Å²) in [6.07, 6.45) is -0.0359. The average Bonchev–Trinajstić information content (AvgIpc) is 2.02. The highest BCUT2D eigenvalue weighted by Gasteiger charge is 2.16. The maximum absolute atomic E-state index is 10.8. The summed E-state index contributed by atoms with van der Waals surface area (Å²) in [5, 5.41) is 27.0. The SMILES string of the molecule is O=CC(=O)c1c(O)cc(O)cc1O. The quantitative estimate of drug-likeness (QED) is 0.344. The molecule has 0 aliphatic heterocycles. The standard InChI is InChI=1S/C8H6O5/c9-3-7(13)8-5(11)1-4(10)2-6(8)12/h1-3,10-12H. The number of aromatic hydroxyl groups is 3. The smallest absolute Gasteiger partial charge is 0.232 e. The molecule has 0 fully saturated rings. The lowest BCUT2D eigenvalue weighted by atomic mass is 10.1. The molecule has 5 nitrogen and oxygen atoms in total. The van der Waals surface area contributed by atoms with E-state index >= 15 is 0 Å². The summed E-state index contributed by atoms with van der Waals surface area (Å²) in [5.41, 5.74) is -0.507. The number of carbonyl (C=O) groups excluding carboxylic acids is 2. The molecule has 0 aliphatic carbocycles. The van der Waals surface area contributed by atoms with E-state index in [0.29, 0.717) is 0 Å². The molecule has 0 spiro atoms. The monoisotopic (exact) mass is 182 g/mol. The van der Waals surface area contributed by atoms with Crippen molar-refractivity contribution in [2.24, 2.45) is 0 Å². The molecule has 0 saturated heterocycles. The summed E-state index contributed by atoms with van der Waals surface area (Å²) >= 11 is 0. The van der Waals surface area contributed by atoms with Crippen molar-refractivity contribution in [2.45, 2.75) is 0 Å². The summed E-state index contributed by atoms with van der Waals surface area (Å²) in [6.45, 7) is 0. The second-order valence-corrected chi connectivity index (χ2v) is 2.34. The Labute approximate surface area is 72.9 Å². The lowest BCUT2D eigenvalue weighted by molar-refractivity contribution is -0.104. The second-order valence-electron chi connectivity index (χ2n) is 2.34. The van der Waals surface area contributed by atoms with Gasteiger partial charge in [-0.15, -0.1) is 0 Å². The average molecular weight is 182 g/mol. The maximum atomic E-state index is 10.8. The van der Waals surface area contributed by atoms with Crippen LogP contribution in [0.5, 0.6) is 17.2 Å². The fraction of sp³-hybridized carbons (Fsp3) is 0. The predicted octanol–water partition coefficient (Wildman–Crippen LogP) is 0.185. The normalized spacial score (nSPS) is 9.54. The number of benzene rings is 1. The minimum Gasteiger partial charge on any atom is -0.508 e. The Kier molecular flexibility index (Phi) is 2.19. The summed E-state index contributed by atoms with van der Waals surface area (Å²) < 4.78 is 0. The van der Waals surface area contributed by atoms with Crippen LogP contribution in [-0.4, -0.2) is 27.4 Å². The molecule has 3 N–H and O–H groups in total. The van der Waals surface area contributed by atoms with Gasteiger partial charge in [0.2, 0.25) is 5.78 Å². The number of carbonyl (C=O) groups is 2. The van der Waals surface area contributed by atoms with Gasteiger partial charge >= 0.3 is 0 Å². The van der Waals surface area contributed by atoms with Gasteiger partial charge in [0.15, 0.2) is 6.29 Å². The molecule has 68 valence electrons. The van der Waals surface area contributed by atoms with Crippen LogP contribution in [0.3, 0.4) is 0 Å². The van der Waals surface area contributed by atoms with Crippen LogP contribution in [0, 0.1) is 0 Å². The first-order valence-electron chi connectivity index (χ1n) is 3.30. The molecule has 1 rings (SSSR count). The summed E-state index contributed by atoms with van der Waals surface area (Å²) in [6, 6.07) is 1.72. The molecule has 0 atom stereocenters. The molecule has 0 bridgehead atoms. The molecule has 5 heteroatoms. The number of aldehydes is 1. The summed E-state index contributed by atoms with van der Waals surface area (Å²) in [7, 11) is 0. The third kappa shape index (κ3) is 1.58. The van der Waals surface area contributed by atoms with Crippen molar-refractivity contribution in [2.75, 3.05) is 0 Å². The maximum Gasteiger partial charge on any atom is 0.232 e. The molecular weight excluding hydrogens is 176 g/mol. The molecular formula is C8H6O5. The first kappa shape index (κ1) is 9.05. The first-order valence-corrected chi connectivity index (χ1v) is 3.30. The molecule has 0 heterocycles. The van der Waals surface area contributed by atoms with Crippen LogP contribution in [0.25, 0.3) is 0 Å².